The monoisotopic (exact) mass is 245 g/mol. The fourth-order valence-electron chi connectivity index (χ4n) is 1.65. The van der Waals surface area contributed by atoms with Gasteiger partial charge in [0.25, 0.3) is 0 Å². The largest absolute Gasteiger partial charge is 0.508 e. The molecular weight excluding hydrogens is 230 g/mol. The number of phenols is 1. The van der Waals surface area contributed by atoms with E-state index in [-0.39, 0.29) is 12.4 Å². The van der Waals surface area contributed by atoms with Crippen LogP contribution in [0.25, 0.3) is 0 Å². The predicted molar refractivity (Wildman–Crippen MR) is 67.3 cm³/mol. The summed E-state index contributed by atoms with van der Waals surface area (Å²) < 4.78 is 5.59. The van der Waals surface area contributed by atoms with E-state index in [0.29, 0.717) is 18.1 Å². The van der Waals surface area contributed by atoms with Gasteiger partial charge in [-0.1, -0.05) is 12.1 Å². The fourth-order valence-corrected chi connectivity index (χ4v) is 1.65. The predicted octanol–water partition coefficient (Wildman–Crippen LogP) is 2.17. The van der Waals surface area contributed by atoms with Crippen LogP contribution in [-0.2, 0) is 13.2 Å². The molecule has 0 radical (unpaired) electrons. The molecule has 0 fully saturated rings. The third-order valence-electron chi connectivity index (χ3n) is 2.53. The highest BCUT2D eigenvalue weighted by Crippen LogP contribution is 2.19. The van der Waals surface area contributed by atoms with E-state index in [2.05, 4.69) is 4.98 Å². The van der Waals surface area contributed by atoms with E-state index in [1.165, 1.54) is 0 Å². The van der Waals surface area contributed by atoms with Gasteiger partial charge in [0.1, 0.15) is 23.8 Å². The highest BCUT2D eigenvalue weighted by Gasteiger charge is 2.05. The molecule has 0 aliphatic carbocycles. The number of hydrogen-bond acceptors (Lipinski definition) is 4. The summed E-state index contributed by atoms with van der Waals surface area (Å²) in [5.41, 5.74) is 2.22. The summed E-state index contributed by atoms with van der Waals surface area (Å²) in [5, 5.41) is 18.5. The molecule has 2 aromatic rings. The summed E-state index contributed by atoms with van der Waals surface area (Å²) in [7, 11) is 0. The molecule has 0 aliphatic rings. The molecule has 94 valence electrons. The van der Waals surface area contributed by atoms with Crippen molar-refractivity contribution in [3.63, 3.8) is 0 Å². The Bertz CT molecular complexity index is 540. The summed E-state index contributed by atoms with van der Waals surface area (Å²) in [4.78, 5) is 4.20. The van der Waals surface area contributed by atoms with Gasteiger partial charge in [0, 0.05) is 5.69 Å². The first-order valence-corrected chi connectivity index (χ1v) is 5.67. The number of phenolic OH excluding ortho intramolecular Hbond substituents is 1. The van der Waals surface area contributed by atoms with Gasteiger partial charge in [0.05, 0.1) is 6.61 Å². The molecule has 0 unspecified atom stereocenters. The van der Waals surface area contributed by atoms with Crippen molar-refractivity contribution < 1.29 is 14.9 Å². The Morgan fingerprint density at radius 3 is 2.78 bits per heavy atom. The van der Waals surface area contributed by atoms with Crippen LogP contribution in [0.2, 0.25) is 0 Å². The fraction of sp³-hybridized carbons (Fsp3) is 0.214. The number of aliphatic hydroxyl groups excluding tert-OH is 1. The molecule has 1 heterocycles. The third kappa shape index (κ3) is 2.99. The van der Waals surface area contributed by atoms with Gasteiger partial charge in [-0.25, -0.2) is 0 Å². The third-order valence-corrected chi connectivity index (χ3v) is 2.53. The van der Waals surface area contributed by atoms with E-state index < -0.39 is 0 Å². The van der Waals surface area contributed by atoms with Crippen LogP contribution >= 0.6 is 0 Å². The minimum absolute atomic E-state index is 0.156. The SMILES string of the molecule is Cc1ccc(OCc2cccc(O)c2)c(CO)n1. The van der Waals surface area contributed by atoms with Crippen molar-refractivity contribution in [1.29, 1.82) is 0 Å². The zero-order valence-electron chi connectivity index (χ0n) is 10.1. The van der Waals surface area contributed by atoms with Gasteiger partial charge in [-0.3, -0.25) is 4.98 Å². The van der Waals surface area contributed by atoms with E-state index in [4.69, 9.17) is 4.74 Å². The maximum atomic E-state index is 9.34. The number of ether oxygens (including phenoxy) is 1. The van der Waals surface area contributed by atoms with Gasteiger partial charge in [-0.2, -0.15) is 0 Å². The molecule has 1 aromatic carbocycles. The first kappa shape index (κ1) is 12.4. The highest BCUT2D eigenvalue weighted by atomic mass is 16.5. The van der Waals surface area contributed by atoms with Crippen molar-refractivity contribution in [3.8, 4) is 11.5 Å². The molecule has 4 nitrogen and oxygen atoms in total. The minimum Gasteiger partial charge on any atom is -0.508 e. The van der Waals surface area contributed by atoms with Crippen molar-refractivity contribution in [2.45, 2.75) is 20.1 Å². The second-order valence-corrected chi connectivity index (χ2v) is 4.01. The summed E-state index contributed by atoms with van der Waals surface area (Å²) in [5.74, 6) is 0.770. The molecule has 0 amide bonds. The maximum absolute atomic E-state index is 9.34. The standard InChI is InChI=1S/C14H15NO3/c1-10-5-6-14(13(8-16)15-10)18-9-11-3-2-4-12(17)7-11/h2-7,16-17H,8-9H2,1H3. The van der Waals surface area contributed by atoms with E-state index in [1.807, 2.05) is 19.1 Å². The lowest BCUT2D eigenvalue weighted by Gasteiger charge is -2.10. The van der Waals surface area contributed by atoms with Gasteiger partial charge in [0.15, 0.2) is 0 Å². The quantitative estimate of drug-likeness (QED) is 0.866. The number of benzene rings is 1. The summed E-state index contributed by atoms with van der Waals surface area (Å²) in [6, 6.07) is 10.5. The number of pyridine rings is 1. The second kappa shape index (κ2) is 5.51. The number of nitrogens with zero attached hydrogens (tertiary/aromatic N) is 1. The van der Waals surface area contributed by atoms with Gasteiger partial charge in [0.2, 0.25) is 0 Å². The molecule has 2 N–H and O–H groups in total. The Balaban J connectivity index is 2.10. The minimum atomic E-state index is -0.156. The second-order valence-electron chi connectivity index (χ2n) is 4.01. The molecular formula is C14H15NO3. The highest BCUT2D eigenvalue weighted by molar-refractivity contribution is 5.30. The molecule has 18 heavy (non-hydrogen) atoms. The Hall–Kier alpha value is -2.07. The van der Waals surface area contributed by atoms with E-state index in [0.717, 1.165) is 11.3 Å². The molecule has 0 saturated carbocycles. The zero-order chi connectivity index (χ0) is 13.0. The lowest BCUT2D eigenvalue weighted by molar-refractivity contribution is 0.253. The number of aromatic nitrogens is 1. The van der Waals surface area contributed by atoms with Gasteiger partial charge < -0.3 is 14.9 Å². The van der Waals surface area contributed by atoms with Crippen molar-refractivity contribution in [2.24, 2.45) is 0 Å². The average Bonchev–Trinajstić information content (AvgIpc) is 2.37. The smallest absolute Gasteiger partial charge is 0.143 e. The van der Waals surface area contributed by atoms with Gasteiger partial charge in [-0.05, 0) is 36.8 Å². The molecule has 2 rings (SSSR count). The van der Waals surface area contributed by atoms with Gasteiger partial charge >= 0.3 is 0 Å². The Kier molecular flexibility index (Phi) is 3.79. The van der Waals surface area contributed by atoms with Crippen LogP contribution < -0.4 is 4.74 Å². The number of rotatable bonds is 4. The number of hydrogen-bond donors (Lipinski definition) is 2. The number of aromatic hydroxyl groups is 1. The molecule has 1 aromatic heterocycles. The summed E-state index contributed by atoms with van der Waals surface area (Å²) in [6.45, 7) is 2.03. The Morgan fingerprint density at radius 2 is 2.06 bits per heavy atom. The molecule has 0 aliphatic heterocycles. The van der Waals surface area contributed by atoms with Crippen molar-refractivity contribution >= 4 is 0 Å². The van der Waals surface area contributed by atoms with E-state index in [9.17, 15) is 10.2 Å². The average molecular weight is 245 g/mol. The van der Waals surface area contributed by atoms with Crippen LogP contribution in [0.15, 0.2) is 36.4 Å². The van der Waals surface area contributed by atoms with Crippen LogP contribution in [0.1, 0.15) is 17.0 Å². The van der Waals surface area contributed by atoms with Crippen LogP contribution in [0, 0.1) is 6.92 Å². The number of aliphatic hydroxyl groups is 1. The van der Waals surface area contributed by atoms with Gasteiger partial charge in [-0.15, -0.1) is 0 Å². The van der Waals surface area contributed by atoms with Crippen LogP contribution in [-0.4, -0.2) is 15.2 Å². The molecule has 0 bridgehead atoms. The maximum Gasteiger partial charge on any atom is 0.143 e. The van der Waals surface area contributed by atoms with Crippen molar-refractivity contribution in [2.75, 3.05) is 0 Å². The normalized spacial score (nSPS) is 10.3. The lowest BCUT2D eigenvalue weighted by atomic mass is 10.2. The molecule has 4 heteroatoms. The molecule has 0 spiro atoms. The Labute approximate surface area is 106 Å². The molecule has 0 atom stereocenters. The van der Waals surface area contributed by atoms with Crippen LogP contribution in [0.5, 0.6) is 11.5 Å². The number of aryl methyl sites for hydroxylation is 1. The summed E-state index contributed by atoms with van der Waals surface area (Å²) >= 11 is 0. The first-order valence-electron chi connectivity index (χ1n) is 5.67. The lowest BCUT2D eigenvalue weighted by Crippen LogP contribution is -2.01. The first-order chi connectivity index (χ1) is 8.69. The molecule has 0 saturated heterocycles. The zero-order valence-corrected chi connectivity index (χ0v) is 10.1. The van der Waals surface area contributed by atoms with Crippen molar-refractivity contribution in [1.82, 2.24) is 4.98 Å². The van der Waals surface area contributed by atoms with E-state index >= 15 is 0 Å². The topological polar surface area (TPSA) is 62.6 Å². The van der Waals surface area contributed by atoms with Crippen LogP contribution in [0.3, 0.4) is 0 Å². The Morgan fingerprint density at radius 1 is 1.22 bits per heavy atom. The van der Waals surface area contributed by atoms with Crippen LogP contribution in [0.4, 0.5) is 0 Å². The van der Waals surface area contributed by atoms with Crippen molar-refractivity contribution in [3.05, 3.63) is 53.3 Å². The van der Waals surface area contributed by atoms with E-state index in [1.54, 1.807) is 24.3 Å². The summed E-state index contributed by atoms with van der Waals surface area (Å²) in [6.07, 6.45) is 0.